The maximum Gasteiger partial charge on any atom is 0.431 e. The van der Waals surface area contributed by atoms with E-state index < -0.39 is 40.5 Å². The summed E-state index contributed by atoms with van der Waals surface area (Å²) in [5, 5.41) is 1.91. The van der Waals surface area contributed by atoms with Crippen molar-refractivity contribution in [3.8, 4) is 18.0 Å². The van der Waals surface area contributed by atoms with Gasteiger partial charge in [0.15, 0.2) is 0 Å². The molecule has 0 radical (unpaired) electrons. The van der Waals surface area contributed by atoms with Crippen molar-refractivity contribution in [3.63, 3.8) is 0 Å². The highest BCUT2D eigenvalue weighted by Crippen LogP contribution is 2.27. The van der Waals surface area contributed by atoms with Crippen LogP contribution in [0.4, 0.5) is 17.6 Å². The molecule has 2 aromatic rings. The number of hydrogen-bond acceptors (Lipinski definition) is 3. The third kappa shape index (κ3) is 3.88. The minimum atomic E-state index is -4.97. The molecule has 0 fully saturated rings. The van der Waals surface area contributed by atoms with Gasteiger partial charge in [-0.2, -0.15) is 13.2 Å². The predicted octanol–water partition coefficient (Wildman–Crippen LogP) is 1.71. The Morgan fingerprint density at radius 2 is 1.93 bits per heavy atom. The van der Waals surface area contributed by atoms with Crippen molar-refractivity contribution in [2.24, 2.45) is 7.05 Å². The molecule has 6 nitrogen and oxygen atoms in total. The number of carbonyl (C=O) groups excluding carboxylic acids is 1. The van der Waals surface area contributed by atoms with Crippen molar-refractivity contribution >= 4 is 17.5 Å². The van der Waals surface area contributed by atoms with E-state index in [1.807, 2.05) is 0 Å². The molecule has 0 atom stereocenters. The standard InChI is InChI=1S/C16H10ClF4N3O3/c1-3-4-22-14(26)8-5-11(10(18)6-9(8)17)24-13(25)7-12(16(19,20)21)23(2)15(24)27/h1,5-7H,4H2,2H3,(H,22,26). The van der Waals surface area contributed by atoms with Gasteiger partial charge in [-0.25, -0.2) is 13.8 Å². The zero-order valence-electron chi connectivity index (χ0n) is 13.5. The Kier molecular flexibility index (Phi) is 5.46. The Morgan fingerprint density at radius 1 is 1.30 bits per heavy atom. The normalized spacial score (nSPS) is 11.1. The van der Waals surface area contributed by atoms with Crippen LogP contribution in [0.2, 0.25) is 5.02 Å². The summed E-state index contributed by atoms with van der Waals surface area (Å²) in [6.07, 6.45) is 0.0372. The van der Waals surface area contributed by atoms with Crippen LogP contribution in [0.3, 0.4) is 0 Å². The molecule has 0 saturated carbocycles. The number of carbonyl (C=O) groups is 1. The van der Waals surface area contributed by atoms with Gasteiger partial charge in [-0.3, -0.25) is 14.2 Å². The summed E-state index contributed by atoms with van der Waals surface area (Å²) in [5.74, 6) is 0.117. The second kappa shape index (κ2) is 7.28. The van der Waals surface area contributed by atoms with E-state index in [1.165, 1.54) is 0 Å². The minimum absolute atomic E-state index is 0.146. The highest BCUT2D eigenvalue weighted by atomic mass is 35.5. The number of nitrogens with one attached hydrogen (secondary N) is 1. The first kappa shape index (κ1) is 20.3. The monoisotopic (exact) mass is 403 g/mol. The van der Waals surface area contributed by atoms with Crippen LogP contribution in [-0.2, 0) is 13.2 Å². The fourth-order valence-corrected chi connectivity index (χ4v) is 2.47. The lowest BCUT2D eigenvalue weighted by Crippen LogP contribution is -2.41. The van der Waals surface area contributed by atoms with Crippen molar-refractivity contribution in [2.75, 3.05) is 6.54 Å². The fourth-order valence-electron chi connectivity index (χ4n) is 2.23. The van der Waals surface area contributed by atoms with Crippen molar-refractivity contribution < 1.29 is 22.4 Å². The quantitative estimate of drug-likeness (QED) is 0.626. The van der Waals surface area contributed by atoms with Gasteiger partial charge in [-0.05, 0) is 12.1 Å². The molecule has 2 rings (SSSR count). The SMILES string of the molecule is C#CCNC(=O)c1cc(-n2c(=O)cc(C(F)(F)F)n(C)c2=O)c(F)cc1Cl. The zero-order valence-corrected chi connectivity index (χ0v) is 14.3. The van der Waals surface area contributed by atoms with E-state index in [0.717, 1.165) is 13.1 Å². The molecular formula is C16H10ClF4N3O3. The number of amides is 1. The van der Waals surface area contributed by atoms with Crippen LogP contribution in [0.1, 0.15) is 16.1 Å². The molecule has 27 heavy (non-hydrogen) atoms. The lowest BCUT2D eigenvalue weighted by atomic mass is 10.1. The maximum absolute atomic E-state index is 14.3. The number of aromatic nitrogens is 2. The van der Waals surface area contributed by atoms with Gasteiger partial charge in [0.05, 0.1) is 22.8 Å². The van der Waals surface area contributed by atoms with Crippen molar-refractivity contribution in [1.82, 2.24) is 14.5 Å². The predicted molar refractivity (Wildman–Crippen MR) is 88.4 cm³/mol. The first-order valence-corrected chi connectivity index (χ1v) is 7.48. The largest absolute Gasteiger partial charge is 0.431 e. The number of alkyl halides is 3. The van der Waals surface area contributed by atoms with Gasteiger partial charge in [0.2, 0.25) is 0 Å². The fraction of sp³-hybridized carbons (Fsp3) is 0.188. The van der Waals surface area contributed by atoms with E-state index >= 15 is 0 Å². The van der Waals surface area contributed by atoms with Crippen LogP contribution in [-0.4, -0.2) is 21.6 Å². The minimum Gasteiger partial charge on any atom is -0.341 e. The van der Waals surface area contributed by atoms with Crippen molar-refractivity contribution in [2.45, 2.75) is 6.18 Å². The lowest BCUT2D eigenvalue weighted by molar-refractivity contribution is -0.144. The molecule has 142 valence electrons. The second-order valence-electron chi connectivity index (χ2n) is 5.21. The summed E-state index contributed by atoms with van der Waals surface area (Å²) >= 11 is 5.79. The van der Waals surface area contributed by atoms with E-state index in [1.54, 1.807) is 0 Å². The van der Waals surface area contributed by atoms with E-state index in [-0.39, 0.29) is 32.3 Å². The van der Waals surface area contributed by atoms with Crippen LogP contribution in [0.5, 0.6) is 0 Å². The molecule has 0 bridgehead atoms. The van der Waals surface area contributed by atoms with Crippen LogP contribution in [0.25, 0.3) is 5.69 Å². The van der Waals surface area contributed by atoms with Gasteiger partial charge in [-0.15, -0.1) is 6.42 Å². The van der Waals surface area contributed by atoms with Crippen LogP contribution in [0.15, 0.2) is 27.8 Å². The Morgan fingerprint density at radius 3 is 2.48 bits per heavy atom. The maximum atomic E-state index is 14.3. The molecule has 1 amide bonds. The highest BCUT2D eigenvalue weighted by molar-refractivity contribution is 6.34. The molecule has 11 heteroatoms. The molecule has 0 spiro atoms. The van der Waals surface area contributed by atoms with E-state index in [9.17, 15) is 31.9 Å². The number of hydrogen-bond donors (Lipinski definition) is 1. The van der Waals surface area contributed by atoms with Crippen molar-refractivity contribution in [1.29, 1.82) is 0 Å². The molecule has 0 saturated heterocycles. The molecule has 1 aromatic heterocycles. The molecule has 1 heterocycles. The van der Waals surface area contributed by atoms with Gasteiger partial charge >= 0.3 is 11.9 Å². The molecule has 1 aromatic carbocycles. The molecule has 0 unspecified atom stereocenters. The molecule has 0 aliphatic heterocycles. The van der Waals surface area contributed by atoms with Crippen LogP contribution < -0.4 is 16.6 Å². The van der Waals surface area contributed by atoms with Crippen LogP contribution >= 0.6 is 11.6 Å². The topological polar surface area (TPSA) is 73.1 Å². The molecule has 0 aliphatic rings. The van der Waals surface area contributed by atoms with Gasteiger partial charge in [0.1, 0.15) is 11.5 Å². The summed E-state index contributed by atoms with van der Waals surface area (Å²) in [7, 11) is 0.773. The number of benzene rings is 1. The van der Waals surface area contributed by atoms with E-state index in [4.69, 9.17) is 18.0 Å². The average Bonchev–Trinajstić information content (AvgIpc) is 2.56. The Labute approximate surface area is 154 Å². The van der Waals surface area contributed by atoms with Gasteiger partial charge in [0, 0.05) is 13.1 Å². The zero-order chi connectivity index (χ0) is 20.5. The Balaban J connectivity index is 2.75. The Hall–Kier alpha value is -3.06. The third-order valence-corrected chi connectivity index (χ3v) is 3.80. The molecule has 1 N–H and O–H groups in total. The number of nitrogens with zero attached hydrogens (tertiary/aromatic N) is 2. The Bertz CT molecular complexity index is 1080. The van der Waals surface area contributed by atoms with Gasteiger partial charge < -0.3 is 5.32 Å². The first-order valence-electron chi connectivity index (χ1n) is 7.10. The van der Waals surface area contributed by atoms with E-state index in [0.29, 0.717) is 6.07 Å². The average molecular weight is 404 g/mol. The summed E-state index contributed by atoms with van der Waals surface area (Å²) in [5.41, 5.74) is -5.44. The molecule has 0 aliphatic carbocycles. The molecular weight excluding hydrogens is 394 g/mol. The number of halogens is 5. The number of rotatable bonds is 3. The highest BCUT2D eigenvalue weighted by Gasteiger charge is 2.35. The van der Waals surface area contributed by atoms with E-state index in [2.05, 4.69) is 11.2 Å². The summed E-state index contributed by atoms with van der Waals surface area (Å²) < 4.78 is 53.3. The third-order valence-electron chi connectivity index (χ3n) is 3.48. The number of terminal acetylenes is 1. The first-order chi connectivity index (χ1) is 12.5. The van der Waals surface area contributed by atoms with Crippen molar-refractivity contribution in [3.05, 3.63) is 61.1 Å². The lowest BCUT2D eigenvalue weighted by Gasteiger charge is -2.15. The second-order valence-corrected chi connectivity index (χ2v) is 5.62. The van der Waals surface area contributed by atoms with Gasteiger partial charge in [0.25, 0.3) is 11.5 Å². The van der Waals surface area contributed by atoms with Crippen LogP contribution in [0, 0.1) is 18.2 Å². The van der Waals surface area contributed by atoms with Gasteiger partial charge in [-0.1, -0.05) is 17.5 Å². The summed E-state index contributed by atoms with van der Waals surface area (Å²) in [4.78, 5) is 36.3. The summed E-state index contributed by atoms with van der Waals surface area (Å²) in [6.45, 7) is -0.177. The smallest absolute Gasteiger partial charge is 0.341 e. The summed E-state index contributed by atoms with van der Waals surface area (Å²) in [6, 6.07) is 1.58.